The van der Waals surface area contributed by atoms with Gasteiger partial charge in [0.1, 0.15) is 5.82 Å². The Morgan fingerprint density at radius 3 is 2.42 bits per heavy atom. The Bertz CT molecular complexity index is 955. The number of imidazole rings is 1. The van der Waals surface area contributed by atoms with E-state index in [4.69, 9.17) is 11.6 Å². The predicted molar refractivity (Wildman–Crippen MR) is 91.6 cm³/mol. The standard InChI is InChI=1S/C17H12ClF3N2O2S/c18-13-3-1-2-12(8-13)16-22-15(17(19,20)21)9-23(16)14-6-4-11(5-7-14)10-26(24)25/h1-9H,10H2,(H,24,25)/p-1. The van der Waals surface area contributed by atoms with E-state index in [1.54, 1.807) is 30.3 Å². The van der Waals surface area contributed by atoms with Gasteiger partial charge in [0, 0.05) is 28.2 Å². The topological polar surface area (TPSA) is 57.9 Å². The van der Waals surface area contributed by atoms with Crippen molar-refractivity contribution in [2.45, 2.75) is 11.9 Å². The molecule has 0 radical (unpaired) electrons. The summed E-state index contributed by atoms with van der Waals surface area (Å²) in [5.74, 6) is -0.0842. The summed E-state index contributed by atoms with van der Waals surface area (Å²) in [6.45, 7) is 0. The van der Waals surface area contributed by atoms with E-state index < -0.39 is 23.0 Å². The molecule has 4 nitrogen and oxygen atoms in total. The van der Waals surface area contributed by atoms with Crippen LogP contribution in [0.3, 0.4) is 0 Å². The molecule has 1 atom stereocenters. The van der Waals surface area contributed by atoms with E-state index in [0.29, 0.717) is 21.8 Å². The molecule has 0 aliphatic heterocycles. The summed E-state index contributed by atoms with van der Waals surface area (Å²) in [4.78, 5) is 3.72. The van der Waals surface area contributed by atoms with Crippen molar-refractivity contribution in [3.8, 4) is 17.1 Å². The Morgan fingerprint density at radius 2 is 1.85 bits per heavy atom. The van der Waals surface area contributed by atoms with Gasteiger partial charge in [-0.05, 0) is 29.8 Å². The van der Waals surface area contributed by atoms with Crippen LogP contribution in [-0.4, -0.2) is 18.3 Å². The first kappa shape index (κ1) is 18.6. The summed E-state index contributed by atoms with van der Waals surface area (Å²) in [5.41, 5.74) is 0.348. The average molecular weight is 400 g/mol. The van der Waals surface area contributed by atoms with Crippen LogP contribution in [0.15, 0.2) is 54.7 Å². The summed E-state index contributed by atoms with van der Waals surface area (Å²) < 4.78 is 62.2. The zero-order valence-electron chi connectivity index (χ0n) is 13.0. The quantitative estimate of drug-likeness (QED) is 0.603. The Kier molecular flexibility index (Phi) is 5.17. The lowest BCUT2D eigenvalue weighted by Crippen LogP contribution is -2.05. The van der Waals surface area contributed by atoms with Crippen LogP contribution in [0.2, 0.25) is 5.02 Å². The smallest absolute Gasteiger partial charge is 0.434 e. The Hall–Kier alpha value is -2.16. The summed E-state index contributed by atoms with van der Waals surface area (Å²) in [7, 11) is 0. The molecule has 0 amide bonds. The third-order valence-corrected chi connectivity index (χ3v) is 4.38. The number of rotatable bonds is 4. The second-order valence-corrected chi connectivity index (χ2v) is 6.77. The minimum atomic E-state index is -4.60. The molecule has 0 aliphatic rings. The van der Waals surface area contributed by atoms with Gasteiger partial charge in [-0.2, -0.15) is 13.2 Å². The number of aromatic nitrogens is 2. The maximum Gasteiger partial charge on any atom is 0.434 e. The Labute approximate surface area is 154 Å². The molecule has 1 heterocycles. The fraction of sp³-hybridized carbons (Fsp3) is 0.118. The molecule has 3 rings (SSSR count). The third kappa shape index (κ3) is 4.14. The van der Waals surface area contributed by atoms with Crippen LogP contribution >= 0.6 is 11.6 Å². The molecule has 26 heavy (non-hydrogen) atoms. The van der Waals surface area contributed by atoms with Crippen LogP contribution in [0, 0.1) is 0 Å². The molecule has 2 aromatic carbocycles. The number of hydrogen-bond donors (Lipinski definition) is 0. The maximum atomic E-state index is 13.1. The Balaban J connectivity index is 2.10. The first-order valence-corrected chi connectivity index (χ1v) is 8.94. The molecular weight excluding hydrogens is 389 g/mol. The van der Waals surface area contributed by atoms with E-state index in [1.807, 2.05) is 0 Å². The van der Waals surface area contributed by atoms with E-state index in [9.17, 15) is 21.9 Å². The lowest BCUT2D eigenvalue weighted by Gasteiger charge is -2.10. The molecule has 0 N–H and O–H groups in total. The highest BCUT2D eigenvalue weighted by Crippen LogP contribution is 2.33. The Morgan fingerprint density at radius 1 is 1.15 bits per heavy atom. The van der Waals surface area contributed by atoms with E-state index >= 15 is 0 Å². The highest BCUT2D eigenvalue weighted by Gasteiger charge is 2.35. The molecule has 0 saturated carbocycles. The number of halogens is 4. The molecule has 0 aliphatic carbocycles. The van der Waals surface area contributed by atoms with Gasteiger partial charge in [-0.1, -0.05) is 46.9 Å². The van der Waals surface area contributed by atoms with Crippen molar-refractivity contribution in [2.75, 3.05) is 0 Å². The number of nitrogens with zero attached hydrogens (tertiary/aromatic N) is 2. The number of alkyl halides is 3. The van der Waals surface area contributed by atoms with Gasteiger partial charge in [0.05, 0.1) is 0 Å². The molecular formula is C17H11ClF3N2O2S-. The number of benzene rings is 2. The molecule has 9 heteroatoms. The highest BCUT2D eigenvalue weighted by atomic mass is 35.5. The van der Waals surface area contributed by atoms with Crippen LogP contribution in [0.25, 0.3) is 17.1 Å². The van der Waals surface area contributed by atoms with Crippen molar-refractivity contribution in [1.82, 2.24) is 9.55 Å². The van der Waals surface area contributed by atoms with Gasteiger partial charge < -0.3 is 4.55 Å². The predicted octanol–water partition coefficient (Wildman–Crippen LogP) is 4.59. The van der Waals surface area contributed by atoms with Gasteiger partial charge in [-0.3, -0.25) is 8.78 Å². The molecule has 0 saturated heterocycles. The van der Waals surface area contributed by atoms with Gasteiger partial charge in [-0.25, -0.2) is 4.98 Å². The molecule has 0 bridgehead atoms. The average Bonchev–Trinajstić information content (AvgIpc) is 3.00. The third-order valence-electron chi connectivity index (χ3n) is 3.58. The fourth-order valence-electron chi connectivity index (χ4n) is 2.43. The first-order chi connectivity index (χ1) is 12.2. The monoisotopic (exact) mass is 399 g/mol. The molecule has 3 aromatic rings. The van der Waals surface area contributed by atoms with Gasteiger partial charge >= 0.3 is 6.18 Å². The second kappa shape index (κ2) is 7.22. The van der Waals surface area contributed by atoms with E-state index in [-0.39, 0.29) is 11.6 Å². The number of hydrogen-bond acceptors (Lipinski definition) is 3. The van der Waals surface area contributed by atoms with Crippen molar-refractivity contribution in [3.63, 3.8) is 0 Å². The molecule has 136 valence electrons. The molecule has 0 spiro atoms. The van der Waals surface area contributed by atoms with Gasteiger partial charge in [0.25, 0.3) is 0 Å². The first-order valence-electron chi connectivity index (χ1n) is 7.32. The van der Waals surface area contributed by atoms with Crippen LogP contribution in [0.1, 0.15) is 11.3 Å². The summed E-state index contributed by atoms with van der Waals surface area (Å²) in [6.07, 6.45) is -3.70. The minimum absolute atomic E-state index is 0.0833. The van der Waals surface area contributed by atoms with Gasteiger partial charge in [0.2, 0.25) is 0 Å². The lowest BCUT2D eigenvalue weighted by atomic mass is 10.2. The van der Waals surface area contributed by atoms with Crippen LogP contribution < -0.4 is 0 Å². The van der Waals surface area contributed by atoms with Crippen molar-refractivity contribution in [2.24, 2.45) is 0 Å². The zero-order chi connectivity index (χ0) is 18.9. The van der Waals surface area contributed by atoms with Gasteiger partial charge in [-0.15, -0.1) is 0 Å². The maximum absolute atomic E-state index is 13.1. The lowest BCUT2D eigenvalue weighted by molar-refractivity contribution is -0.140. The van der Waals surface area contributed by atoms with Crippen LogP contribution in [0.5, 0.6) is 0 Å². The highest BCUT2D eigenvalue weighted by molar-refractivity contribution is 7.78. The van der Waals surface area contributed by atoms with Crippen molar-refractivity contribution in [1.29, 1.82) is 0 Å². The van der Waals surface area contributed by atoms with Crippen LogP contribution in [-0.2, 0) is 23.0 Å². The zero-order valence-corrected chi connectivity index (χ0v) is 14.6. The summed E-state index contributed by atoms with van der Waals surface area (Å²) >= 11 is 3.70. The van der Waals surface area contributed by atoms with Crippen molar-refractivity contribution in [3.05, 3.63) is 71.0 Å². The molecule has 0 fully saturated rings. The van der Waals surface area contributed by atoms with Crippen molar-refractivity contribution < 1.29 is 21.9 Å². The van der Waals surface area contributed by atoms with E-state index in [1.165, 1.54) is 22.8 Å². The SMILES string of the molecule is O=S([O-])Cc1ccc(-n2cc(C(F)(F)F)nc2-c2cccc(Cl)c2)cc1. The summed E-state index contributed by atoms with van der Waals surface area (Å²) in [6, 6.07) is 12.5. The largest absolute Gasteiger partial charge is 0.772 e. The second-order valence-electron chi connectivity index (χ2n) is 5.44. The molecule has 1 unspecified atom stereocenters. The van der Waals surface area contributed by atoms with E-state index in [2.05, 4.69) is 4.98 Å². The fourth-order valence-corrected chi connectivity index (χ4v) is 3.09. The normalized spacial score (nSPS) is 13.0. The minimum Gasteiger partial charge on any atom is -0.772 e. The van der Waals surface area contributed by atoms with Crippen molar-refractivity contribution >= 4 is 22.7 Å². The summed E-state index contributed by atoms with van der Waals surface area (Å²) in [5, 5.41) is 0.374. The van der Waals surface area contributed by atoms with E-state index in [0.717, 1.165) is 6.20 Å². The van der Waals surface area contributed by atoms with Gasteiger partial charge in [0.15, 0.2) is 5.69 Å². The van der Waals surface area contributed by atoms with Crippen LogP contribution in [0.4, 0.5) is 13.2 Å². The molecule has 1 aromatic heterocycles.